The Morgan fingerprint density at radius 1 is 1.03 bits per heavy atom. The second-order valence-electron chi connectivity index (χ2n) is 8.80. The molecule has 1 atom stereocenters. The number of benzene rings is 1. The summed E-state index contributed by atoms with van der Waals surface area (Å²) in [6, 6.07) is 6.72. The molecule has 0 amide bonds. The van der Waals surface area contributed by atoms with Crippen molar-refractivity contribution in [2.24, 2.45) is 0 Å². The summed E-state index contributed by atoms with van der Waals surface area (Å²) in [6.07, 6.45) is 9.82. The summed E-state index contributed by atoms with van der Waals surface area (Å²) in [5.74, 6) is 2.49. The lowest BCUT2D eigenvalue weighted by Crippen LogP contribution is -2.35. The molecule has 180 valence electrons. The third kappa shape index (κ3) is 6.69. The minimum absolute atomic E-state index is 0.277. The van der Waals surface area contributed by atoms with E-state index >= 15 is 0 Å². The van der Waals surface area contributed by atoms with E-state index in [1.54, 1.807) is 7.11 Å². The van der Waals surface area contributed by atoms with Crippen LogP contribution in [0.3, 0.4) is 0 Å². The first-order chi connectivity index (χ1) is 16.1. The SMILES string of the molecule is CCN1CCCC1CNc1nc(NC2CCCCCC2)nc(Oc2ccc(OC)c(Br)c2)n1. The smallest absolute Gasteiger partial charge is 0.328 e. The molecule has 2 fully saturated rings. The molecule has 1 unspecified atom stereocenters. The van der Waals surface area contributed by atoms with Gasteiger partial charge in [0.2, 0.25) is 11.9 Å². The Kier molecular flexibility index (Phi) is 8.61. The first kappa shape index (κ1) is 24.0. The maximum absolute atomic E-state index is 6.03. The zero-order chi connectivity index (χ0) is 23.0. The summed E-state index contributed by atoms with van der Waals surface area (Å²) >= 11 is 3.51. The van der Waals surface area contributed by atoms with E-state index in [-0.39, 0.29) is 6.01 Å². The van der Waals surface area contributed by atoms with Crippen molar-refractivity contribution < 1.29 is 9.47 Å². The maximum Gasteiger partial charge on any atom is 0.328 e. The number of hydrogen-bond donors (Lipinski definition) is 2. The summed E-state index contributed by atoms with van der Waals surface area (Å²) in [7, 11) is 1.64. The minimum atomic E-state index is 0.277. The van der Waals surface area contributed by atoms with Crippen molar-refractivity contribution in [2.75, 3.05) is 37.4 Å². The highest BCUT2D eigenvalue weighted by molar-refractivity contribution is 9.10. The number of anilines is 2. The van der Waals surface area contributed by atoms with Gasteiger partial charge in [0.25, 0.3) is 0 Å². The third-order valence-electron chi connectivity index (χ3n) is 6.54. The Balaban J connectivity index is 1.52. The number of halogens is 1. The number of hydrogen-bond acceptors (Lipinski definition) is 8. The van der Waals surface area contributed by atoms with E-state index in [0.29, 0.717) is 29.7 Å². The molecular weight excluding hydrogens is 484 g/mol. The molecule has 1 aliphatic carbocycles. The minimum Gasteiger partial charge on any atom is -0.496 e. The van der Waals surface area contributed by atoms with Crippen LogP contribution in [0.5, 0.6) is 17.5 Å². The van der Waals surface area contributed by atoms with Crippen LogP contribution >= 0.6 is 15.9 Å². The van der Waals surface area contributed by atoms with Crippen molar-refractivity contribution >= 4 is 27.8 Å². The molecule has 4 rings (SSSR count). The van der Waals surface area contributed by atoms with Crippen LogP contribution in [-0.2, 0) is 0 Å². The lowest BCUT2D eigenvalue weighted by molar-refractivity contribution is 0.276. The molecule has 1 aromatic heterocycles. The average Bonchev–Trinajstić information content (AvgIpc) is 3.12. The number of ether oxygens (including phenoxy) is 2. The van der Waals surface area contributed by atoms with Gasteiger partial charge in [-0.25, -0.2) is 0 Å². The largest absolute Gasteiger partial charge is 0.496 e. The van der Waals surface area contributed by atoms with Gasteiger partial charge in [-0.05, 0) is 72.9 Å². The van der Waals surface area contributed by atoms with Gasteiger partial charge in [0.15, 0.2) is 0 Å². The summed E-state index contributed by atoms with van der Waals surface area (Å²) in [5.41, 5.74) is 0. The molecular formula is C24H35BrN6O2. The Bertz CT molecular complexity index is 907. The molecule has 1 aliphatic heterocycles. The van der Waals surface area contributed by atoms with Gasteiger partial charge in [-0.1, -0.05) is 32.6 Å². The molecule has 2 N–H and O–H groups in total. The van der Waals surface area contributed by atoms with Crippen molar-refractivity contribution in [1.82, 2.24) is 19.9 Å². The Morgan fingerprint density at radius 3 is 2.55 bits per heavy atom. The molecule has 2 aliphatic rings. The van der Waals surface area contributed by atoms with Gasteiger partial charge in [-0.2, -0.15) is 15.0 Å². The Morgan fingerprint density at radius 2 is 1.82 bits per heavy atom. The van der Waals surface area contributed by atoms with Gasteiger partial charge in [-0.3, -0.25) is 4.90 Å². The fraction of sp³-hybridized carbons (Fsp3) is 0.625. The van der Waals surface area contributed by atoms with Crippen molar-refractivity contribution in [2.45, 2.75) is 70.4 Å². The Hall–Kier alpha value is -2.13. The van der Waals surface area contributed by atoms with Crippen LogP contribution in [0, 0.1) is 0 Å². The fourth-order valence-electron chi connectivity index (χ4n) is 4.72. The number of rotatable bonds is 9. The highest BCUT2D eigenvalue weighted by Gasteiger charge is 2.23. The predicted octanol–water partition coefficient (Wildman–Crippen LogP) is 5.47. The molecule has 1 aromatic carbocycles. The van der Waals surface area contributed by atoms with Crippen LogP contribution in [0.15, 0.2) is 22.7 Å². The summed E-state index contributed by atoms with van der Waals surface area (Å²) in [6.45, 7) is 5.26. The first-order valence-corrected chi connectivity index (χ1v) is 13.0. The lowest BCUT2D eigenvalue weighted by atomic mass is 10.1. The highest BCUT2D eigenvalue weighted by Crippen LogP contribution is 2.31. The molecule has 0 radical (unpaired) electrons. The van der Waals surface area contributed by atoms with Crippen LogP contribution in [0.1, 0.15) is 58.3 Å². The second-order valence-corrected chi connectivity index (χ2v) is 9.66. The van der Waals surface area contributed by atoms with Gasteiger partial charge < -0.3 is 20.1 Å². The molecule has 33 heavy (non-hydrogen) atoms. The summed E-state index contributed by atoms with van der Waals surface area (Å²) in [5, 5.41) is 6.99. The van der Waals surface area contributed by atoms with Crippen LogP contribution in [0.2, 0.25) is 0 Å². The molecule has 2 heterocycles. The van der Waals surface area contributed by atoms with Crippen molar-refractivity contribution in [3.63, 3.8) is 0 Å². The molecule has 2 aromatic rings. The number of likely N-dealkylation sites (tertiary alicyclic amines) is 1. The van der Waals surface area contributed by atoms with Gasteiger partial charge in [0.1, 0.15) is 11.5 Å². The third-order valence-corrected chi connectivity index (χ3v) is 7.16. The van der Waals surface area contributed by atoms with Crippen molar-refractivity contribution in [3.8, 4) is 17.5 Å². The maximum atomic E-state index is 6.03. The van der Waals surface area contributed by atoms with Crippen LogP contribution < -0.4 is 20.1 Å². The van der Waals surface area contributed by atoms with E-state index < -0.39 is 0 Å². The number of aromatic nitrogens is 3. The van der Waals surface area contributed by atoms with E-state index in [2.05, 4.69) is 53.3 Å². The monoisotopic (exact) mass is 518 g/mol. The van der Waals surface area contributed by atoms with Crippen LogP contribution in [-0.4, -0.2) is 58.7 Å². The number of likely N-dealkylation sites (N-methyl/N-ethyl adjacent to an activating group) is 1. The van der Waals surface area contributed by atoms with E-state index in [1.165, 1.54) is 38.5 Å². The standard InChI is InChI=1S/C24H35BrN6O2/c1-3-31-14-8-11-18(31)16-26-22-28-23(27-17-9-6-4-5-7-10-17)30-24(29-22)33-19-12-13-21(32-2)20(25)15-19/h12-13,15,17-18H,3-11,14,16H2,1-2H3,(H2,26,27,28,29,30). The van der Waals surface area contributed by atoms with E-state index in [4.69, 9.17) is 9.47 Å². The zero-order valence-electron chi connectivity index (χ0n) is 19.6. The van der Waals surface area contributed by atoms with Crippen LogP contribution in [0.4, 0.5) is 11.9 Å². The van der Waals surface area contributed by atoms with Gasteiger partial charge in [-0.15, -0.1) is 0 Å². The quantitative estimate of drug-likeness (QED) is 0.423. The van der Waals surface area contributed by atoms with Gasteiger partial charge in [0.05, 0.1) is 11.6 Å². The molecule has 0 bridgehead atoms. The average molecular weight is 519 g/mol. The van der Waals surface area contributed by atoms with Crippen molar-refractivity contribution in [1.29, 1.82) is 0 Å². The van der Waals surface area contributed by atoms with Gasteiger partial charge >= 0.3 is 6.01 Å². The summed E-state index contributed by atoms with van der Waals surface area (Å²) < 4.78 is 12.2. The number of nitrogens with zero attached hydrogens (tertiary/aromatic N) is 4. The molecule has 0 spiro atoms. The van der Waals surface area contributed by atoms with Gasteiger partial charge in [0, 0.05) is 18.6 Å². The van der Waals surface area contributed by atoms with Crippen molar-refractivity contribution in [3.05, 3.63) is 22.7 Å². The summed E-state index contributed by atoms with van der Waals surface area (Å²) in [4.78, 5) is 16.3. The molecule has 8 nitrogen and oxygen atoms in total. The van der Waals surface area contributed by atoms with E-state index in [0.717, 1.165) is 42.7 Å². The fourth-order valence-corrected chi connectivity index (χ4v) is 5.24. The predicted molar refractivity (Wildman–Crippen MR) is 134 cm³/mol. The molecule has 1 saturated heterocycles. The van der Waals surface area contributed by atoms with E-state index in [1.807, 2.05) is 18.2 Å². The van der Waals surface area contributed by atoms with E-state index in [9.17, 15) is 0 Å². The second kappa shape index (κ2) is 11.8. The zero-order valence-corrected chi connectivity index (χ0v) is 21.2. The first-order valence-electron chi connectivity index (χ1n) is 12.2. The molecule has 9 heteroatoms. The number of nitrogens with one attached hydrogen (secondary N) is 2. The lowest BCUT2D eigenvalue weighted by Gasteiger charge is -2.23. The topological polar surface area (TPSA) is 84.4 Å². The van der Waals surface area contributed by atoms with Crippen LogP contribution in [0.25, 0.3) is 0 Å². The number of methoxy groups -OCH3 is 1. The highest BCUT2D eigenvalue weighted by atomic mass is 79.9. The molecule has 1 saturated carbocycles. The Labute approximate surface area is 205 Å². The normalized spacial score (nSPS) is 19.8.